The van der Waals surface area contributed by atoms with E-state index in [1.807, 2.05) is 18.2 Å². The van der Waals surface area contributed by atoms with Gasteiger partial charge >= 0.3 is 0 Å². The summed E-state index contributed by atoms with van der Waals surface area (Å²) in [6.07, 6.45) is 3.17. The average Bonchev–Trinajstić information content (AvgIpc) is 2.98. The van der Waals surface area contributed by atoms with Crippen LogP contribution in [0.2, 0.25) is 0 Å². The van der Waals surface area contributed by atoms with Crippen molar-refractivity contribution in [2.24, 2.45) is 5.73 Å². The molecule has 1 saturated heterocycles. The molecule has 3 aromatic rings. The van der Waals surface area contributed by atoms with Gasteiger partial charge in [-0.2, -0.15) is 0 Å². The van der Waals surface area contributed by atoms with Gasteiger partial charge in [0.05, 0.1) is 30.7 Å². The Bertz CT molecular complexity index is 1040. The van der Waals surface area contributed by atoms with Gasteiger partial charge in [0.2, 0.25) is 11.8 Å². The van der Waals surface area contributed by atoms with Gasteiger partial charge in [0.25, 0.3) is 5.91 Å². The van der Waals surface area contributed by atoms with Gasteiger partial charge < -0.3 is 24.9 Å². The number of hydrogen-bond donors (Lipinski definition) is 2. The normalized spacial score (nSPS) is 15.0. The van der Waals surface area contributed by atoms with E-state index in [1.165, 1.54) is 6.20 Å². The van der Waals surface area contributed by atoms with Gasteiger partial charge in [-0.3, -0.25) is 14.6 Å². The molecule has 0 unspecified atom stereocenters. The van der Waals surface area contributed by atoms with Crippen molar-refractivity contribution in [2.75, 3.05) is 13.2 Å². The molecular formula is C19H18N4O5. The first-order valence-electron chi connectivity index (χ1n) is 8.60. The Balaban J connectivity index is 1.60. The number of carbonyl (C=O) groups is 2. The Hall–Kier alpha value is -3.46. The number of furan rings is 1. The van der Waals surface area contributed by atoms with Crippen molar-refractivity contribution in [2.45, 2.75) is 19.1 Å². The molecule has 3 aromatic heterocycles. The maximum absolute atomic E-state index is 12.8. The highest BCUT2D eigenvalue weighted by Crippen LogP contribution is 2.29. The molecule has 0 radical (unpaired) electrons. The zero-order valence-corrected chi connectivity index (χ0v) is 15.1. The van der Waals surface area contributed by atoms with Gasteiger partial charge in [0.15, 0.2) is 11.1 Å². The van der Waals surface area contributed by atoms with E-state index >= 15 is 0 Å². The number of fused-ring (bicyclic) bond motifs is 1. The van der Waals surface area contributed by atoms with E-state index in [4.69, 9.17) is 19.6 Å². The fourth-order valence-electron chi connectivity index (χ4n) is 2.96. The minimum absolute atomic E-state index is 0.0445. The van der Waals surface area contributed by atoms with Crippen LogP contribution in [0.15, 0.2) is 41.1 Å². The molecule has 4 rings (SSSR count). The Kier molecular flexibility index (Phi) is 4.44. The Morgan fingerprint density at radius 1 is 1.32 bits per heavy atom. The molecule has 9 nitrogen and oxygen atoms in total. The lowest BCUT2D eigenvalue weighted by molar-refractivity contribution is -0.143. The van der Waals surface area contributed by atoms with Crippen LogP contribution in [0.3, 0.4) is 0 Å². The second-order valence-electron chi connectivity index (χ2n) is 6.55. The first kappa shape index (κ1) is 17.9. The summed E-state index contributed by atoms with van der Waals surface area (Å²) < 4.78 is 16.4. The lowest BCUT2D eigenvalue weighted by Crippen LogP contribution is -2.69. The molecule has 1 aliphatic rings. The molecule has 0 bridgehead atoms. The lowest BCUT2D eigenvalue weighted by Gasteiger charge is -2.38. The van der Waals surface area contributed by atoms with Crippen LogP contribution >= 0.6 is 0 Å². The summed E-state index contributed by atoms with van der Waals surface area (Å²) in [5, 5.41) is 3.20. The lowest BCUT2D eigenvalue weighted by atomic mass is 9.95. The van der Waals surface area contributed by atoms with Crippen molar-refractivity contribution in [1.82, 2.24) is 15.3 Å². The summed E-state index contributed by atoms with van der Waals surface area (Å²) in [6, 6.07) is 7.14. The van der Waals surface area contributed by atoms with Crippen LogP contribution in [0.25, 0.3) is 11.0 Å². The molecule has 0 atom stereocenters. The smallest absolute Gasteiger partial charge is 0.256 e. The van der Waals surface area contributed by atoms with Gasteiger partial charge in [0.1, 0.15) is 12.4 Å². The van der Waals surface area contributed by atoms with E-state index in [2.05, 4.69) is 15.3 Å². The summed E-state index contributed by atoms with van der Waals surface area (Å²) in [7, 11) is 0. The largest absolute Gasteiger partial charge is 0.471 e. The van der Waals surface area contributed by atoms with Crippen molar-refractivity contribution >= 4 is 22.8 Å². The zero-order chi connectivity index (χ0) is 19.7. The number of hydrogen-bond acceptors (Lipinski definition) is 7. The third-order valence-electron chi connectivity index (χ3n) is 4.57. The van der Waals surface area contributed by atoms with Gasteiger partial charge in [-0.05, 0) is 19.1 Å². The number of carbonyl (C=O) groups excluding carboxylic acids is 2. The number of amides is 2. The van der Waals surface area contributed by atoms with Crippen LogP contribution in [0.4, 0.5) is 0 Å². The number of nitrogens with two attached hydrogens (primary N) is 1. The van der Waals surface area contributed by atoms with Gasteiger partial charge in [0, 0.05) is 17.6 Å². The van der Waals surface area contributed by atoms with Crippen LogP contribution in [0.1, 0.15) is 21.8 Å². The Morgan fingerprint density at radius 3 is 2.79 bits per heavy atom. The number of ether oxygens (including phenoxy) is 2. The molecule has 4 heterocycles. The summed E-state index contributed by atoms with van der Waals surface area (Å²) in [5.41, 5.74) is 5.70. The highest BCUT2D eigenvalue weighted by atomic mass is 16.5. The van der Waals surface area contributed by atoms with Crippen molar-refractivity contribution in [1.29, 1.82) is 0 Å². The van der Waals surface area contributed by atoms with E-state index in [0.29, 0.717) is 28.2 Å². The summed E-state index contributed by atoms with van der Waals surface area (Å²) in [5.74, 6) is -0.389. The van der Waals surface area contributed by atoms with Crippen LogP contribution in [-0.4, -0.2) is 40.5 Å². The van der Waals surface area contributed by atoms with E-state index in [-0.39, 0.29) is 19.8 Å². The van der Waals surface area contributed by atoms with E-state index in [9.17, 15) is 9.59 Å². The van der Waals surface area contributed by atoms with Crippen molar-refractivity contribution in [3.63, 3.8) is 0 Å². The molecule has 0 aromatic carbocycles. The van der Waals surface area contributed by atoms with Gasteiger partial charge in [-0.25, -0.2) is 4.98 Å². The summed E-state index contributed by atoms with van der Waals surface area (Å²) >= 11 is 0. The maximum Gasteiger partial charge on any atom is 0.256 e. The summed E-state index contributed by atoms with van der Waals surface area (Å²) in [4.78, 5) is 32.9. The quantitative estimate of drug-likeness (QED) is 0.653. The molecule has 28 heavy (non-hydrogen) atoms. The van der Waals surface area contributed by atoms with Crippen LogP contribution in [0, 0.1) is 6.92 Å². The number of rotatable bonds is 6. The van der Waals surface area contributed by atoms with Gasteiger partial charge in [-0.15, -0.1) is 0 Å². The van der Waals surface area contributed by atoms with Crippen molar-refractivity contribution < 1.29 is 23.5 Å². The molecular weight excluding hydrogens is 364 g/mol. The molecule has 1 aliphatic heterocycles. The predicted molar refractivity (Wildman–Crippen MR) is 97.5 cm³/mol. The first-order chi connectivity index (χ1) is 13.5. The predicted octanol–water partition coefficient (Wildman–Crippen LogP) is 1.09. The molecule has 0 spiro atoms. The molecule has 1 fully saturated rings. The van der Waals surface area contributed by atoms with Crippen LogP contribution in [0.5, 0.6) is 5.88 Å². The SMILES string of the molecule is Cc1oc2cnc(OCc3ccccn3)cc2c1C(=O)NC1(C(N)=O)COC1. The molecule has 9 heteroatoms. The molecule has 144 valence electrons. The standard InChI is InChI=1S/C19H18N4O5/c1-11-16(17(24)23-19(18(20)25)9-26-10-19)13-6-15(22-7-14(13)28-11)27-8-12-4-2-3-5-21-12/h2-7H,8-10H2,1H3,(H2,20,25)(H,23,24). The number of primary amides is 1. The average molecular weight is 382 g/mol. The van der Waals surface area contributed by atoms with E-state index in [1.54, 1.807) is 19.2 Å². The molecule has 2 amide bonds. The minimum Gasteiger partial charge on any atom is -0.471 e. The maximum atomic E-state index is 12.8. The van der Waals surface area contributed by atoms with Crippen molar-refractivity contribution in [3.8, 4) is 5.88 Å². The number of nitrogens with zero attached hydrogens (tertiary/aromatic N) is 2. The van der Waals surface area contributed by atoms with Crippen LogP contribution in [-0.2, 0) is 16.1 Å². The van der Waals surface area contributed by atoms with E-state index in [0.717, 1.165) is 5.69 Å². The van der Waals surface area contributed by atoms with Crippen molar-refractivity contribution in [3.05, 3.63) is 53.7 Å². The van der Waals surface area contributed by atoms with E-state index < -0.39 is 17.4 Å². The van der Waals surface area contributed by atoms with Crippen LogP contribution < -0.4 is 15.8 Å². The first-order valence-corrected chi connectivity index (χ1v) is 8.60. The Labute approximate surface area is 159 Å². The molecule has 0 aliphatic carbocycles. The third kappa shape index (κ3) is 3.16. The summed E-state index contributed by atoms with van der Waals surface area (Å²) in [6.45, 7) is 1.99. The number of pyridine rings is 2. The third-order valence-corrected chi connectivity index (χ3v) is 4.57. The minimum atomic E-state index is -1.20. The zero-order valence-electron chi connectivity index (χ0n) is 15.1. The number of aryl methyl sites for hydroxylation is 1. The van der Waals surface area contributed by atoms with Gasteiger partial charge in [-0.1, -0.05) is 6.07 Å². The number of aromatic nitrogens is 2. The topological polar surface area (TPSA) is 130 Å². The highest BCUT2D eigenvalue weighted by Gasteiger charge is 2.46. The molecule has 0 saturated carbocycles. The number of nitrogens with one attached hydrogen (secondary N) is 1. The second kappa shape index (κ2) is 6.93. The Morgan fingerprint density at radius 2 is 2.14 bits per heavy atom. The second-order valence-corrected chi connectivity index (χ2v) is 6.55. The fraction of sp³-hybridized carbons (Fsp3) is 0.263. The monoisotopic (exact) mass is 382 g/mol. The molecule has 3 N–H and O–H groups in total. The fourth-order valence-corrected chi connectivity index (χ4v) is 2.96. The highest BCUT2D eigenvalue weighted by molar-refractivity contribution is 6.09.